The van der Waals surface area contributed by atoms with Gasteiger partial charge in [-0.05, 0) is 56.2 Å². The molecule has 1 amide bonds. The summed E-state index contributed by atoms with van der Waals surface area (Å²) in [4.78, 5) is 12.7. The Labute approximate surface area is 193 Å². The van der Waals surface area contributed by atoms with Crippen LogP contribution in [0.25, 0.3) is 5.69 Å². The number of rotatable bonds is 9. The molecule has 1 N–H and O–H groups in total. The number of hydrogen-bond donors (Lipinski definition) is 1. The molecule has 2 aromatic carbocycles. The minimum Gasteiger partial charge on any atom is -0.485 e. The number of carbonyl (C=O) groups excluding carboxylic acids is 1. The molecule has 0 spiro atoms. The van der Waals surface area contributed by atoms with E-state index in [4.69, 9.17) is 9.15 Å². The minimum absolute atomic E-state index is 0.240. The molecule has 0 aliphatic rings. The summed E-state index contributed by atoms with van der Waals surface area (Å²) in [7, 11) is 0. The van der Waals surface area contributed by atoms with E-state index in [9.17, 15) is 4.79 Å². The fraction of sp³-hybridized carbons (Fsp3) is 0.185. The number of benzene rings is 2. The SMILES string of the molecule is C=CCc1ccccc1OCc1ccc(C(=O)NCc2c(C)nn(-c3ccccc3)c2C)o1. The van der Waals surface area contributed by atoms with Crippen LogP contribution < -0.4 is 10.1 Å². The van der Waals surface area contributed by atoms with Crippen molar-refractivity contribution in [3.05, 3.63) is 113 Å². The molecule has 6 heteroatoms. The van der Waals surface area contributed by atoms with Crippen LogP contribution in [0.4, 0.5) is 0 Å². The van der Waals surface area contributed by atoms with Crippen LogP contribution in [0.5, 0.6) is 5.75 Å². The quantitative estimate of drug-likeness (QED) is 0.357. The van der Waals surface area contributed by atoms with E-state index in [1.54, 1.807) is 12.1 Å². The van der Waals surface area contributed by atoms with Crippen molar-refractivity contribution in [2.24, 2.45) is 0 Å². The highest BCUT2D eigenvalue weighted by Crippen LogP contribution is 2.21. The lowest BCUT2D eigenvalue weighted by molar-refractivity contribution is 0.0919. The Kier molecular flexibility index (Phi) is 6.74. The van der Waals surface area contributed by atoms with Crippen molar-refractivity contribution in [1.29, 1.82) is 0 Å². The Morgan fingerprint density at radius 3 is 2.64 bits per heavy atom. The summed E-state index contributed by atoms with van der Waals surface area (Å²) >= 11 is 0. The second-order valence-corrected chi connectivity index (χ2v) is 7.73. The number of allylic oxidation sites excluding steroid dienone is 1. The van der Waals surface area contributed by atoms with Gasteiger partial charge in [-0.2, -0.15) is 5.10 Å². The number of ether oxygens (including phenoxy) is 1. The molecular weight excluding hydrogens is 414 g/mol. The predicted octanol–water partition coefficient (Wildman–Crippen LogP) is 5.32. The summed E-state index contributed by atoms with van der Waals surface area (Å²) in [5.74, 6) is 1.33. The number of para-hydroxylation sites is 2. The summed E-state index contributed by atoms with van der Waals surface area (Å²) in [6, 6.07) is 21.2. The van der Waals surface area contributed by atoms with Gasteiger partial charge in [0.2, 0.25) is 0 Å². The van der Waals surface area contributed by atoms with Crippen molar-refractivity contribution in [2.75, 3.05) is 0 Å². The molecule has 2 aromatic heterocycles. The van der Waals surface area contributed by atoms with Crippen LogP contribution >= 0.6 is 0 Å². The van der Waals surface area contributed by atoms with E-state index in [0.717, 1.165) is 40.4 Å². The van der Waals surface area contributed by atoms with E-state index < -0.39 is 0 Å². The summed E-state index contributed by atoms with van der Waals surface area (Å²) in [5.41, 5.74) is 4.90. The molecule has 0 atom stereocenters. The highest BCUT2D eigenvalue weighted by Gasteiger charge is 2.16. The fourth-order valence-electron chi connectivity index (χ4n) is 3.70. The Bertz CT molecular complexity index is 1250. The molecule has 6 nitrogen and oxygen atoms in total. The van der Waals surface area contributed by atoms with E-state index in [2.05, 4.69) is 17.0 Å². The average Bonchev–Trinajstić information content (AvgIpc) is 3.42. The van der Waals surface area contributed by atoms with Crippen LogP contribution in [0, 0.1) is 13.8 Å². The van der Waals surface area contributed by atoms with E-state index in [1.807, 2.05) is 79.2 Å². The summed E-state index contributed by atoms with van der Waals surface area (Å²) < 4.78 is 13.5. The van der Waals surface area contributed by atoms with Gasteiger partial charge in [0.15, 0.2) is 5.76 Å². The highest BCUT2D eigenvalue weighted by molar-refractivity contribution is 5.91. The molecule has 2 heterocycles. The number of aryl methyl sites for hydroxylation is 1. The van der Waals surface area contributed by atoms with Gasteiger partial charge >= 0.3 is 0 Å². The van der Waals surface area contributed by atoms with Crippen LogP contribution in [0.2, 0.25) is 0 Å². The lowest BCUT2D eigenvalue weighted by atomic mass is 10.1. The number of nitrogens with one attached hydrogen (secondary N) is 1. The van der Waals surface area contributed by atoms with Crippen LogP contribution in [0.15, 0.2) is 83.8 Å². The Balaban J connectivity index is 1.38. The molecule has 33 heavy (non-hydrogen) atoms. The van der Waals surface area contributed by atoms with Gasteiger partial charge in [-0.25, -0.2) is 4.68 Å². The van der Waals surface area contributed by atoms with Crippen LogP contribution in [0.1, 0.15) is 38.8 Å². The molecule has 4 aromatic rings. The van der Waals surface area contributed by atoms with E-state index in [0.29, 0.717) is 12.3 Å². The van der Waals surface area contributed by atoms with Gasteiger partial charge in [0.1, 0.15) is 18.1 Å². The first-order valence-corrected chi connectivity index (χ1v) is 10.9. The number of carbonyl (C=O) groups is 1. The summed E-state index contributed by atoms with van der Waals surface area (Å²) in [6.07, 6.45) is 2.56. The topological polar surface area (TPSA) is 69.3 Å². The van der Waals surface area contributed by atoms with E-state index in [-0.39, 0.29) is 18.3 Å². The maximum Gasteiger partial charge on any atom is 0.287 e. The summed E-state index contributed by atoms with van der Waals surface area (Å²) in [5, 5.41) is 7.56. The third-order valence-electron chi connectivity index (χ3n) is 5.46. The van der Waals surface area contributed by atoms with Gasteiger partial charge in [0.25, 0.3) is 5.91 Å². The number of aromatic nitrogens is 2. The standard InChI is InChI=1S/C27H27N3O3/c1-4-10-21-11-8-9-14-25(21)32-18-23-15-16-26(33-23)27(31)28-17-24-19(2)29-30(20(24)3)22-12-6-5-7-13-22/h4-9,11-16H,1,10,17-18H2,2-3H3,(H,28,31). The lowest BCUT2D eigenvalue weighted by Gasteiger charge is -2.09. The normalized spacial score (nSPS) is 10.7. The smallest absolute Gasteiger partial charge is 0.287 e. The lowest BCUT2D eigenvalue weighted by Crippen LogP contribution is -2.23. The predicted molar refractivity (Wildman–Crippen MR) is 128 cm³/mol. The Hall–Kier alpha value is -4.06. The third kappa shape index (κ3) is 5.06. The van der Waals surface area contributed by atoms with Gasteiger partial charge in [-0.3, -0.25) is 4.79 Å². The maximum atomic E-state index is 12.7. The number of hydrogen-bond acceptors (Lipinski definition) is 4. The molecule has 4 rings (SSSR count). The van der Waals surface area contributed by atoms with Crippen LogP contribution in [0.3, 0.4) is 0 Å². The van der Waals surface area contributed by atoms with E-state index in [1.165, 1.54) is 0 Å². The largest absolute Gasteiger partial charge is 0.485 e. The molecule has 0 aliphatic heterocycles. The van der Waals surface area contributed by atoms with Crippen molar-refractivity contribution >= 4 is 5.91 Å². The van der Waals surface area contributed by atoms with Crippen molar-refractivity contribution < 1.29 is 13.9 Å². The zero-order chi connectivity index (χ0) is 23.2. The first-order valence-electron chi connectivity index (χ1n) is 10.9. The molecule has 0 fully saturated rings. The average molecular weight is 442 g/mol. The molecule has 0 aliphatic carbocycles. The summed E-state index contributed by atoms with van der Waals surface area (Å²) in [6.45, 7) is 8.33. The number of amides is 1. The zero-order valence-corrected chi connectivity index (χ0v) is 18.9. The first-order chi connectivity index (χ1) is 16.1. The van der Waals surface area contributed by atoms with Gasteiger partial charge in [-0.15, -0.1) is 6.58 Å². The highest BCUT2D eigenvalue weighted by atomic mass is 16.5. The molecular formula is C27H27N3O3. The number of nitrogens with zero attached hydrogens (tertiary/aromatic N) is 2. The van der Waals surface area contributed by atoms with Crippen molar-refractivity contribution in [2.45, 2.75) is 33.4 Å². The molecule has 168 valence electrons. The van der Waals surface area contributed by atoms with Gasteiger partial charge in [-0.1, -0.05) is 42.5 Å². The molecule has 0 saturated carbocycles. The Morgan fingerprint density at radius 1 is 1.09 bits per heavy atom. The molecule has 0 radical (unpaired) electrons. The fourth-order valence-corrected chi connectivity index (χ4v) is 3.70. The second-order valence-electron chi connectivity index (χ2n) is 7.73. The maximum absolute atomic E-state index is 12.7. The first kappa shape index (κ1) is 22.1. The zero-order valence-electron chi connectivity index (χ0n) is 18.9. The second kappa shape index (κ2) is 10.0. The third-order valence-corrected chi connectivity index (χ3v) is 5.46. The van der Waals surface area contributed by atoms with Gasteiger partial charge < -0.3 is 14.5 Å². The van der Waals surface area contributed by atoms with Crippen molar-refractivity contribution in [3.8, 4) is 11.4 Å². The minimum atomic E-state index is -0.278. The molecule has 0 saturated heterocycles. The van der Waals surface area contributed by atoms with Gasteiger partial charge in [0.05, 0.1) is 11.4 Å². The molecule has 0 bridgehead atoms. The van der Waals surface area contributed by atoms with Crippen molar-refractivity contribution in [3.63, 3.8) is 0 Å². The number of furan rings is 1. The van der Waals surface area contributed by atoms with Crippen LogP contribution in [-0.4, -0.2) is 15.7 Å². The van der Waals surface area contributed by atoms with E-state index >= 15 is 0 Å². The Morgan fingerprint density at radius 2 is 1.85 bits per heavy atom. The monoisotopic (exact) mass is 441 g/mol. The van der Waals surface area contributed by atoms with Crippen molar-refractivity contribution in [1.82, 2.24) is 15.1 Å². The van der Waals surface area contributed by atoms with Gasteiger partial charge in [0, 0.05) is 17.8 Å². The molecule has 0 unspecified atom stereocenters. The van der Waals surface area contributed by atoms with Crippen LogP contribution in [-0.2, 0) is 19.6 Å².